The van der Waals surface area contributed by atoms with Gasteiger partial charge in [0.15, 0.2) is 0 Å². The van der Waals surface area contributed by atoms with Crippen molar-refractivity contribution in [3.8, 4) is 0 Å². The summed E-state index contributed by atoms with van der Waals surface area (Å²) in [6, 6.07) is 0.0135. The molecule has 0 saturated heterocycles. The van der Waals surface area contributed by atoms with Gasteiger partial charge in [0.25, 0.3) is 0 Å². The molecule has 0 spiro atoms. The maximum absolute atomic E-state index is 12.4. The minimum atomic E-state index is -0.0211. The Labute approximate surface area is 148 Å². The predicted molar refractivity (Wildman–Crippen MR) is 99.6 cm³/mol. The Morgan fingerprint density at radius 1 is 1.08 bits per heavy atom. The van der Waals surface area contributed by atoms with Crippen LogP contribution in [0.3, 0.4) is 0 Å². The van der Waals surface area contributed by atoms with E-state index in [4.69, 9.17) is 0 Å². The lowest BCUT2D eigenvalue weighted by Gasteiger charge is -2.25. The van der Waals surface area contributed by atoms with Crippen LogP contribution in [0.25, 0.3) is 0 Å². The molecule has 0 bridgehead atoms. The van der Waals surface area contributed by atoms with Crippen LogP contribution in [0.1, 0.15) is 80.1 Å². The molecule has 140 valence electrons. The van der Waals surface area contributed by atoms with E-state index >= 15 is 0 Å². The van der Waals surface area contributed by atoms with Crippen LogP contribution in [0.5, 0.6) is 0 Å². The van der Waals surface area contributed by atoms with E-state index in [2.05, 4.69) is 45.3 Å². The summed E-state index contributed by atoms with van der Waals surface area (Å²) in [5.41, 5.74) is -0.0211. The number of carbonyl (C=O) groups is 2. The monoisotopic (exact) mass is 338 g/mol. The van der Waals surface area contributed by atoms with Crippen LogP contribution in [-0.4, -0.2) is 24.4 Å². The molecule has 0 aromatic heterocycles. The van der Waals surface area contributed by atoms with E-state index < -0.39 is 0 Å². The molecule has 1 fully saturated rings. The van der Waals surface area contributed by atoms with Crippen molar-refractivity contribution in [2.45, 2.75) is 86.1 Å². The molecule has 2 atom stereocenters. The molecule has 4 heteroatoms. The number of hydrogen-bond donors (Lipinski definition) is 2. The second-order valence-electron chi connectivity index (χ2n) is 9.21. The van der Waals surface area contributed by atoms with Crippen molar-refractivity contribution >= 4 is 11.8 Å². The van der Waals surface area contributed by atoms with Crippen molar-refractivity contribution in [3.63, 3.8) is 0 Å². The minimum Gasteiger partial charge on any atom is -0.354 e. The SMILES string of the molecule is CC(C)CC(CNC(=O)C(C)C1CCCC1)NC(=O)CC(C)(C)C. The van der Waals surface area contributed by atoms with Gasteiger partial charge in [0.1, 0.15) is 0 Å². The maximum atomic E-state index is 12.4. The molecule has 0 aromatic carbocycles. The topological polar surface area (TPSA) is 58.2 Å². The second-order valence-corrected chi connectivity index (χ2v) is 9.21. The molecule has 1 saturated carbocycles. The van der Waals surface area contributed by atoms with Crippen LogP contribution in [-0.2, 0) is 9.59 Å². The van der Waals surface area contributed by atoms with E-state index in [0.717, 1.165) is 6.42 Å². The highest BCUT2D eigenvalue weighted by Crippen LogP contribution is 2.31. The van der Waals surface area contributed by atoms with Crippen LogP contribution in [0.2, 0.25) is 0 Å². The number of carbonyl (C=O) groups excluding carboxylic acids is 2. The van der Waals surface area contributed by atoms with E-state index in [1.54, 1.807) is 0 Å². The molecular weight excluding hydrogens is 300 g/mol. The van der Waals surface area contributed by atoms with Crippen LogP contribution in [0, 0.1) is 23.2 Å². The van der Waals surface area contributed by atoms with Crippen LogP contribution < -0.4 is 10.6 Å². The van der Waals surface area contributed by atoms with E-state index in [0.29, 0.717) is 24.8 Å². The van der Waals surface area contributed by atoms with E-state index in [9.17, 15) is 9.59 Å². The van der Waals surface area contributed by atoms with Gasteiger partial charge in [-0.3, -0.25) is 9.59 Å². The van der Waals surface area contributed by atoms with E-state index in [1.807, 2.05) is 6.92 Å². The highest BCUT2D eigenvalue weighted by Gasteiger charge is 2.27. The van der Waals surface area contributed by atoms with Gasteiger partial charge >= 0.3 is 0 Å². The molecule has 1 rings (SSSR count). The molecule has 1 aliphatic carbocycles. The Bertz CT molecular complexity index is 406. The fourth-order valence-electron chi connectivity index (χ4n) is 3.58. The van der Waals surface area contributed by atoms with Gasteiger partial charge in [0, 0.05) is 24.9 Å². The fraction of sp³-hybridized carbons (Fsp3) is 0.900. The summed E-state index contributed by atoms with van der Waals surface area (Å²) in [5, 5.41) is 6.19. The Kier molecular flexibility index (Phi) is 8.24. The lowest BCUT2D eigenvalue weighted by atomic mass is 9.91. The zero-order chi connectivity index (χ0) is 18.3. The van der Waals surface area contributed by atoms with Crippen LogP contribution in [0.15, 0.2) is 0 Å². The number of amides is 2. The predicted octanol–water partition coefficient (Wildman–Crippen LogP) is 3.90. The summed E-state index contributed by atoms with van der Waals surface area (Å²) in [6.45, 7) is 13.1. The largest absolute Gasteiger partial charge is 0.354 e. The Morgan fingerprint density at radius 2 is 1.67 bits per heavy atom. The summed E-state index contributed by atoms with van der Waals surface area (Å²) in [7, 11) is 0. The summed E-state index contributed by atoms with van der Waals surface area (Å²) in [5.74, 6) is 1.31. The molecule has 0 aromatic rings. The Hall–Kier alpha value is -1.06. The zero-order valence-electron chi connectivity index (χ0n) is 16.6. The normalized spacial score (nSPS) is 18.5. The van der Waals surface area contributed by atoms with Gasteiger partial charge in [-0.25, -0.2) is 0 Å². The lowest BCUT2D eigenvalue weighted by Crippen LogP contribution is -2.46. The van der Waals surface area contributed by atoms with Gasteiger partial charge in [-0.15, -0.1) is 0 Å². The summed E-state index contributed by atoms with van der Waals surface area (Å²) >= 11 is 0. The van der Waals surface area contributed by atoms with Crippen molar-refractivity contribution in [1.82, 2.24) is 10.6 Å². The standard InChI is InChI=1S/C20H38N2O2/c1-14(2)11-17(22-18(23)12-20(4,5)6)13-21-19(24)15(3)16-9-7-8-10-16/h14-17H,7-13H2,1-6H3,(H,21,24)(H,22,23). The molecule has 24 heavy (non-hydrogen) atoms. The quantitative estimate of drug-likeness (QED) is 0.705. The van der Waals surface area contributed by atoms with Crippen molar-refractivity contribution in [3.05, 3.63) is 0 Å². The molecule has 2 unspecified atom stereocenters. The van der Waals surface area contributed by atoms with Crippen LogP contribution >= 0.6 is 0 Å². The van der Waals surface area contributed by atoms with Gasteiger partial charge in [-0.05, 0) is 36.5 Å². The van der Waals surface area contributed by atoms with E-state index in [-0.39, 0.29) is 29.2 Å². The summed E-state index contributed by atoms with van der Waals surface area (Å²) in [6.07, 6.45) is 6.24. The van der Waals surface area contributed by atoms with Crippen molar-refractivity contribution in [2.75, 3.05) is 6.54 Å². The molecule has 0 radical (unpaired) electrons. The smallest absolute Gasteiger partial charge is 0.223 e. The van der Waals surface area contributed by atoms with Gasteiger partial charge in [0.05, 0.1) is 0 Å². The van der Waals surface area contributed by atoms with Gasteiger partial charge in [-0.1, -0.05) is 54.4 Å². The minimum absolute atomic E-state index is 0.0135. The van der Waals surface area contributed by atoms with Crippen molar-refractivity contribution in [2.24, 2.45) is 23.2 Å². The zero-order valence-corrected chi connectivity index (χ0v) is 16.6. The Balaban J connectivity index is 2.49. The van der Waals surface area contributed by atoms with Crippen molar-refractivity contribution < 1.29 is 9.59 Å². The van der Waals surface area contributed by atoms with Gasteiger partial charge in [-0.2, -0.15) is 0 Å². The first kappa shape index (κ1) is 21.0. The molecular formula is C20H38N2O2. The van der Waals surface area contributed by atoms with E-state index in [1.165, 1.54) is 25.7 Å². The van der Waals surface area contributed by atoms with Crippen molar-refractivity contribution in [1.29, 1.82) is 0 Å². The first-order valence-corrected chi connectivity index (χ1v) is 9.65. The highest BCUT2D eigenvalue weighted by atomic mass is 16.2. The molecule has 2 N–H and O–H groups in total. The molecule has 1 aliphatic rings. The number of rotatable bonds is 8. The molecule has 0 aliphatic heterocycles. The average Bonchev–Trinajstić information content (AvgIpc) is 2.94. The molecule has 4 nitrogen and oxygen atoms in total. The third-order valence-electron chi connectivity index (χ3n) is 4.86. The first-order valence-electron chi connectivity index (χ1n) is 9.65. The number of hydrogen-bond acceptors (Lipinski definition) is 2. The third kappa shape index (κ3) is 8.16. The first-order chi connectivity index (χ1) is 11.1. The summed E-state index contributed by atoms with van der Waals surface area (Å²) in [4.78, 5) is 24.6. The second kappa shape index (κ2) is 9.43. The molecule has 0 heterocycles. The van der Waals surface area contributed by atoms with Crippen LogP contribution in [0.4, 0.5) is 0 Å². The highest BCUT2D eigenvalue weighted by molar-refractivity contribution is 5.79. The summed E-state index contributed by atoms with van der Waals surface area (Å²) < 4.78 is 0. The fourth-order valence-corrected chi connectivity index (χ4v) is 3.58. The molecule has 2 amide bonds. The lowest BCUT2D eigenvalue weighted by molar-refractivity contribution is -0.127. The van der Waals surface area contributed by atoms with Gasteiger partial charge in [0.2, 0.25) is 11.8 Å². The third-order valence-corrected chi connectivity index (χ3v) is 4.86. The number of nitrogens with one attached hydrogen (secondary N) is 2. The average molecular weight is 339 g/mol. The Morgan fingerprint density at radius 3 is 2.17 bits per heavy atom. The van der Waals surface area contributed by atoms with Gasteiger partial charge < -0.3 is 10.6 Å². The maximum Gasteiger partial charge on any atom is 0.223 e.